The molecule has 3 aromatic rings. The molecule has 4 rings (SSSR count). The standard InChI is InChI=1S/C24H26N2O5/c1-15-22(26-21-5-3-2-4-20(21)23(15)27)14-31-19-11-17(24(25)28)10-18(12-19)30-13-16-6-8-29-9-7-16/h2-5,10-12,16H,6-9,13-14H2,1H3,(H2,25,28)(H,26,27). The van der Waals surface area contributed by atoms with Crippen LogP contribution in [-0.4, -0.2) is 30.7 Å². The fraction of sp³-hybridized carbons (Fsp3) is 0.333. The normalized spacial score (nSPS) is 14.5. The molecule has 1 aromatic heterocycles. The van der Waals surface area contributed by atoms with Gasteiger partial charge in [-0.15, -0.1) is 0 Å². The first-order valence-electron chi connectivity index (χ1n) is 10.4. The molecular weight excluding hydrogens is 396 g/mol. The maximum atomic E-state index is 12.6. The van der Waals surface area contributed by atoms with Gasteiger partial charge in [0.25, 0.3) is 0 Å². The van der Waals surface area contributed by atoms with Crippen LogP contribution in [0, 0.1) is 12.8 Å². The van der Waals surface area contributed by atoms with Crippen LogP contribution in [0.1, 0.15) is 34.5 Å². The van der Waals surface area contributed by atoms with Gasteiger partial charge in [-0.25, -0.2) is 0 Å². The van der Waals surface area contributed by atoms with Crippen LogP contribution in [0.15, 0.2) is 47.3 Å². The summed E-state index contributed by atoms with van der Waals surface area (Å²) in [4.78, 5) is 27.7. The van der Waals surface area contributed by atoms with Gasteiger partial charge in [0.05, 0.1) is 12.3 Å². The van der Waals surface area contributed by atoms with Gasteiger partial charge in [0.1, 0.15) is 18.1 Å². The Morgan fingerprint density at radius 1 is 1.13 bits per heavy atom. The molecule has 1 aliphatic rings. The van der Waals surface area contributed by atoms with Crippen LogP contribution in [0.3, 0.4) is 0 Å². The number of carbonyl (C=O) groups excluding carboxylic acids is 1. The first-order valence-corrected chi connectivity index (χ1v) is 10.4. The van der Waals surface area contributed by atoms with Gasteiger partial charge in [0.15, 0.2) is 5.43 Å². The van der Waals surface area contributed by atoms with Gasteiger partial charge in [0, 0.05) is 41.3 Å². The van der Waals surface area contributed by atoms with Crippen molar-refractivity contribution in [2.24, 2.45) is 11.7 Å². The second-order valence-corrected chi connectivity index (χ2v) is 7.82. The predicted octanol–water partition coefficient (Wildman–Crippen LogP) is 3.32. The molecule has 162 valence electrons. The molecule has 1 fully saturated rings. The number of nitrogens with one attached hydrogen (secondary N) is 1. The number of hydrogen-bond acceptors (Lipinski definition) is 5. The second-order valence-electron chi connectivity index (χ2n) is 7.82. The predicted molar refractivity (Wildman–Crippen MR) is 118 cm³/mol. The third-order valence-corrected chi connectivity index (χ3v) is 5.62. The van der Waals surface area contributed by atoms with Crippen LogP contribution in [0.2, 0.25) is 0 Å². The highest BCUT2D eigenvalue weighted by Gasteiger charge is 2.16. The Balaban J connectivity index is 1.53. The van der Waals surface area contributed by atoms with E-state index in [2.05, 4.69) is 4.98 Å². The third kappa shape index (κ3) is 4.88. The lowest BCUT2D eigenvalue weighted by molar-refractivity contribution is 0.0497. The van der Waals surface area contributed by atoms with E-state index in [1.54, 1.807) is 31.2 Å². The summed E-state index contributed by atoms with van der Waals surface area (Å²) in [6.45, 7) is 3.95. The van der Waals surface area contributed by atoms with Gasteiger partial charge in [-0.2, -0.15) is 0 Å². The van der Waals surface area contributed by atoms with Gasteiger partial charge >= 0.3 is 0 Å². The number of primary amides is 1. The number of hydrogen-bond donors (Lipinski definition) is 2. The number of aromatic amines is 1. The highest BCUT2D eigenvalue weighted by atomic mass is 16.5. The third-order valence-electron chi connectivity index (χ3n) is 5.62. The quantitative estimate of drug-likeness (QED) is 0.608. The zero-order valence-electron chi connectivity index (χ0n) is 17.5. The molecule has 1 amide bonds. The molecule has 2 aromatic carbocycles. The van der Waals surface area contributed by atoms with Crippen molar-refractivity contribution in [3.63, 3.8) is 0 Å². The summed E-state index contributed by atoms with van der Waals surface area (Å²) in [6, 6.07) is 12.3. The second kappa shape index (κ2) is 9.22. The molecule has 3 N–H and O–H groups in total. The van der Waals surface area contributed by atoms with E-state index in [0.717, 1.165) is 31.6 Å². The van der Waals surface area contributed by atoms with E-state index in [0.29, 0.717) is 46.2 Å². The average Bonchev–Trinajstić information content (AvgIpc) is 2.79. The van der Waals surface area contributed by atoms with Crippen LogP contribution < -0.4 is 20.6 Å². The van der Waals surface area contributed by atoms with E-state index >= 15 is 0 Å². The number of benzene rings is 2. The van der Waals surface area contributed by atoms with Gasteiger partial charge in [-0.3, -0.25) is 9.59 Å². The molecule has 0 atom stereocenters. The van der Waals surface area contributed by atoms with Crippen LogP contribution in [0.4, 0.5) is 0 Å². The van der Waals surface area contributed by atoms with Crippen LogP contribution in [-0.2, 0) is 11.3 Å². The topological polar surface area (TPSA) is 104 Å². The molecule has 2 heterocycles. The number of amides is 1. The Morgan fingerprint density at radius 3 is 2.58 bits per heavy atom. The smallest absolute Gasteiger partial charge is 0.248 e. The van der Waals surface area contributed by atoms with Crippen molar-refractivity contribution in [3.05, 3.63) is 69.5 Å². The van der Waals surface area contributed by atoms with E-state index in [9.17, 15) is 9.59 Å². The average molecular weight is 422 g/mol. The number of aromatic nitrogens is 1. The molecule has 0 bridgehead atoms. The molecular formula is C24H26N2O5. The molecule has 7 nitrogen and oxygen atoms in total. The summed E-state index contributed by atoms with van der Waals surface area (Å²) in [7, 11) is 0. The Morgan fingerprint density at radius 2 is 1.84 bits per heavy atom. The lowest BCUT2D eigenvalue weighted by Crippen LogP contribution is -2.21. The van der Waals surface area contributed by atoms with Gasteiger partial charge in [-0.05, 0) is 49.9 Å². The molecule has 0 spiro atoms. The zero-order chi connectivity index (χ0) is 21.8. The van der Waals surface area contributed by atoms with E-state index in [1.807, 2.05) is 18.2 Å². The summed E-state index contributed by atoms with van der Waals surface area (Å²) in [5, 5.41) is 0.642. The van der Waals surface area contributed by atoms with E-state index in [-0.39, 0.29) is 12.0 Å². The number of pyridine rings is 1. The molecule has 0 radical (unpaired) electrons. The van der Waals surface area contributed by atoms with Crippen molar-refractivity contribution < 1.29 is 19.0 Å². The molecule has 7 heteroatoms. The van der Waals surface area contributed by atoms with Crippen LogP contribution in [0.25, 0.3) is 10.9 Å². The molecule has 1 saturated heterocycles. The van der Waals surface area contributed by atoms with E-state index in [4.69, 9.17) is 19.9 Å². The number of para-hydroxylation sites is 1. The number of fused-ring (bicyclic) bond motifs is 1. The first kappa shape index (κ1) is 20.9. The maximum absolute atomic E-state index is 12.6. The molecule has 31 heavy (non-hydrogen) atoms. The molecule has 0 saturated carbocycles. The molecule has 0 unspecified atom stereocenters. The monoisotopic (exact) mass is 422 g/mol. The van der Waals surface area contributed by atoms with Gasteiger partial charge < -0.3 is 24.9 Å². The minimum absolute atomic E-state index is 0.0284. The lowest BCUT2D eigenvalue weighted by Gasteiger charge is -2.22. The van der Waals surface area contributed by atoms with Crippen molar-refractivity contribution in [1.29, 1.82) is 0 Å². The summed E-state index contributed by atoms with van der Waals surface area (Å²) >= 11 is 0. The van der Waals surface area contributed by atoms with Crippen molar-refractivity contribution in [2.45, 2.75) is 26.4 Å². The Labute approximate surface area is 180 Å². The Bertz CT molecular complexity index is 1150. The Kier molecular flexibility index (Phi) is 6.23. The number of carbonyl (C=O) groups is 1. The Hall–Kier alpha value is -3.32. The van der Waals surface area contributed by atoms with Gasteiger partial charge in [-0.1, -0.05) is 12.1 Å². The summed E-state index contributed by atoms with van der Waals surface area (Å²) in [6.07, 6.45) is 1.90. The first-order chi connectivity index (χ1) is 15.0. The minimum Gasteiger partial charge on any atom is -0.493 e. The fourth-order valence-electron chi connectivity index (χ4n) is 3.69. The number of nitrogens with two attached hydrogens (primary N) is 1. The van der Waals surface area contributed by atoms with E-state index in [1.165, 1.54) is 0 Å². The SMILES string of the molecule is Cc1c(COc2cc(OCC3CCOCC3)cc(C(N)=O)c2)[nH]c2ccccc2c1=O. The number of rotatable bonds is 7. The highest BCUT2D eigenvalue weighted by Crippen LogP contribution is 2.26. The number of H-pyrrole nitrogens is 1. The van der Waals surface area contributed by atoms with Crippen LogP contribution >= 0.6 is 0 Å². The van der Waals surface area contributed by atoms with Crippen molar-refractivity contribution in [1.82, 2.24) is 4.98 Å². The zero-order valence-corrected chi connectivity index (χ0v) is 17.5. The molecule has 0 aliphatic carbocycles. The summed E-state index contributed by atoms with van der Waals surface area (Å²) < 4.78 is 17.2. The molecule has 1 aliphatic heterocycles. The fourth-order valence-corrected chi connectivity index (χ4v) is 3.69. The minimum atomic E-state index is -0.559. The van der Waals surface area contributed by atoms with Crippen molar-refractivity contribution in [3.8, 4) is 11.5 Å². The summed E-state index contributed by atoms with van der Waals surface area (Å²) in [5.41, 5.74) is 7.80. The van der Waals surface area contributed by atoms with Crippen LogP contribution in [0.5, 0.6) is 11.5 Å². The largest absolute Gasteiger partial charge is 0.493 e. The number of ether oxygens (including phenoxy) is 3. The van der Waals surface area contributed by atoms with Gasteiger partial charge in [0.2, 0.25) is 5.91 Å². The highest BCUT2D eigenvalue weighted by molar-refractivity contribution is 5.93. The van der Waals surface area contributed by atoms with Crippen molar-refractivity contribution >= 4 is 16.8 Å². The lowest BCUT2D eigenvalue weighted by atomic mass is 10.0. The summed E-state index contributed by atoms with van der Waals surface area (Å²) in [5.74, 6) is 0.838. The van der Waals surface area contributed by atoms with E-state index < -0.39 is 5.91 Å². The van der Waals surface area contributed by atoms with Crippen molar-refractivity contribution in [2.75, 3.05) is 19.8 Å². The maximum Gasteiger partial charge on any atom is 0.248 e.